The number of aliphatic carboxylic acids is 1. The predicted octanol–water partition coefficient (Wildman–Crippen LogP) is 3.82. The SMILES string of the molecule is C=CC.CCCCCOCCOC(=O)C1CCCCC1C(=O)O. The number of carbonyl (C=O) groups excluding carboxylic acids is 1. The highest BCUT2D eigenvalue weighted by Gasteiger charge is 2.36. The van der Waals surface area contributed by atoms with Crippen LogP contribution < -0.4 is 0 Å². The first-order valence-electron chi connectivity index (χ1n) is 8.62. The van der Waals surface area contributed by atoms with Crippen LogP contribution in [0.3, 0.4) is 0 Å². The molecule has 1 aliphatic carbocycles. The van der Waals surface area contributed by atoms with Gasteiger partial charge in [0, 0.05) is 6.61 Å². The zero-order chi connectivity index (χ0) is 17.5. The lowest BCUT2D eigenvalue weighted by atomic mass is 9.79. The Balaban J connectivity index is 0.00000149. The van der Waals surface area contributed by atoms with E-state index in [1.54, 1.807) is 6.08 Å². The summed E-state index contributed by atoms with van der Waals surface area (Å²) in [7, 11) is 0. The normalized spacial score (nSPS) is 20.1. The molecule has 0 aromatic heterocycles. The number of unbranched alkanes of at least 4 members (excludes halogenated alkanes) is 2. The summed E-state index contributed by atoms with van der Waals surface area (Å²) in [6, 6.07) is 0. The molecule has 1 saturated carbocycles. The molecule has 0 aromatic rings. The van der Waals surface area contributed by atoms with Crippen LogP contribution in [0.25, 0.3) is 0 Å². The van der Waals surface area contributed by atoms with Crippen molar-refractivity contribution in [2.45, 2.75) is 58.8 Å². The van der Waals surface area contributed by atoms with Gasteiger partial charge in [0.25, 0.3) is 0 Å². The molecule has 134 valence electrons. The molecule has 1 rings (SSSR count). The van der Waals surface area contributed by atoms with Crippen molar-refractivity contribution >= 4 is 11.9 Å². The van der Waals surface area contributed by atoms with Crippen molar-refractivity contribution in [1.82, 2.24) is 0 Å². The van der Waals surface area contributed by atoms with Gasteiger partial charge in [0.1, 0.15) is 6.61 Å². The first-order chi connectivity index (χ1) is 11.1. The van der Waals surface area contributed by atoms with Crippen LogP contribution in [0.1, 0.15) is 58.8 Å². The molecule has 5 nitrogen and oxygen atoms in total. The smallest absolute Gasteiger partial charge is 0.309 e. The Hall–Kier alpha value is -1.36. The molecule has 0 bridgehead atoms. The average molecular weight is 328 g/mol. The molecule has 2 atom stereocenters. The number of carboxylic acids is 1. The first-order valence-corrected chi connectivity index (χ1v) is 8.62. The van der Waals surface area contributed by atoms with Crippen molar-refractivity contribution in [3.05, 3.63) is 12.7 Å². The highest BCUT2D eigenvalue weighted by Crippen LogP contribution is 2.31. The van der Waals surface area contributed by atoms with Gasteiger partial charge in [-0.1, -0.05) is 38.7 Å². The Kier molecular flexibility index (Phi) is 13.4. The van der Waals surface area contributed by atoms with Crippen LogP contribution in [0.15, 0.2) is 12.7 Å². The summed E-state index contributed by atoms with van der Waals surface area (Å²) in [5, 5.41) is 9.12. The van der Waals surface area contributed by atoms with E-state index in [9.17, 15) is 9.59 Å². The van der Waals surface area contributed by atoms with E-state index in [1.807, 2.05) is 6.92 Å². The van der Waals surface area contributed by atoms with Gasteiger partial charge in [-0.2, -0.15) is 0 Å². The molecule has 23 heavy (non-hydrogen) atoms. The minimum atomic E-state index is -0.887. The number of carboxylic acid groups (broad SMARTS) is 1. The zero-order valence-electron chi connectivity index (χ0n) is 14.6. The number of ether oxygens (including phenoxy) is 2. The lowest BCUT2D eigenvalue weighted by molar-refractivity contribution is -0.160. The van der Waals surface area contributed by atoms with Gasteiger partial charge in [0.05, 0.1) is 18.4 Å². The fourth-order valence-electron chi connectivity index (χ4n) is 2.57. The molecule has 1 fully saturated rings. The Morgan fingerprint density at radius 3 is 2.30 bits per heavy atom. The molecule has 1 aliphatic rings. The number of carbonyl (C=O) groups is 2. The third kappa shape index (κ3) is 10.1. The second-order valence-corrected chi connectivity index (χ2v) is 5.73. The van der Waals surface area contributed by atoms with Crippen molar-refractivity contribution in [2.24, 2.45) is 11.8 Å². The maximum Gasteiger partial charge on any atom is 0.309 e. The Bertz CT molecular complexity index is 340. The van der Waals surface area contributed by atoms with Crippen LogP contribution in [-0.4, -0.2) is 36.9 Å². The Labute approximate surface area is 140 Å². The van der Waals surface area contributed by atoms with Crippen LogP contribution in [0.4, 0.5) is 0 Å². The lowest BCUT2D eigenvalue weighted by Gasteiger charge is -2.26. The second-order valence-electron chi connectivity index (χ2n) is 5.73. The van der Waals surface area contributed by atoms with Gasteiger partial charge in [-0.05, 0) is 26.2 Å². The van der Waals surface area contributed by atoms with Crippen molar-refractivity contribution in [3.63, 3.8) is 0 Å². The topological polar surface area (TPSA) is 72.8 Å². The van der Waals surface area contributed by atoms with Gasteiger partial charge in [-0.15, -0.1) is 6.58 Å². The number of hydrogen-bond acceptors (Lipinski definition) is 4. The highest BCUT2D eigenvalue weighted by molar-refractivity contribution is 5.81. The number of esters is 1. The van der Waals surface area contributed by atoms with Crippen LogP contribution in [0.5, 0.6) is 0 Å². The maximum atomic E-state index is 11.9. The molecule has 0 amide bonds. The van der Waals surface area contributed by atoms with Crippen molar-refractivity contribution in [3.8, 4) is 0 Å². The number of allylic oxidation sites excluding steroid dienone is 1. The van der Waals surface area contributed by atoms with Gasteiger partial charge in [0.2, 0.25) is 0 Å². The predicted molar refractivity (Wildman–Crippen MR) is 90.3 cm³/mol. The van der Waals surface area contributed by atoms with E-state index >= 15 is 0 Å². The van der Waals surface area contributed by atoms with E-state index < -0.39 is 17.8 Å². The quantitative estimate of drug-likeness (QED) is 0.396. The fraction of sp³-hybridized carbons (Fsp3) is 0.778. The summed E-state index contributed by atoms with van der Waals surface area (Å²) >= 11 is 0. The van der Waals surface area contributed by atoms with Crippen LogP contribution in [-0.2, 0) is 19.1 Å². The van der Waals surface area contributed by atoms with E-state index in [2.05, 4.69) is 13.5 Å². The van der Waals surface area contributed by atoms with E-state index in [4.69, 9.17) is 14.6 Å². The lowest BCUT2D eigenvalue weighted by Crippen LogP contribution is -2.34. The number of hydrogen-bond donors (Lipinski definition) is 1. The molecular weight excluding hydrogens is 296 g/mol. The molecule has 0 radical (unpaired) electrons. The minimum absolute atomic E-state index is 0.216. The van der Waals surface area contributed by atoms with Gasteiger partial charge in [0.15, 0.2) is 0 Å². The monoisotopic (exact) mass is 328 g/mol. The summed E-state index contributed by atoms with van der Waals surface area (Å²) < 4.78 is 10.5. The molecule has 0 aliphatic heterocycles. The van der Waals surface area contributed by atoms with Gasteiger partial charge in [-0.25, -0.2) is 0 Å². The molecule has 0 heterocycles. The standard InChI is InChI=1S/C15H26O5.C3H6/c1-2-3-6-9-19-10-11-20-15(18)13-8-5-4-7-12(13)14(16)17;1-3-2/h12-13H,2-11H2,1H3,(H,16,17);3H,1H2,2H3. The summed E-state index contributed by atoms with van der Waals surface area (Å²) in [5.74, 6) is -2.33. The van der Waals surface area contributed by atoms with Crippen molar-refractivity contribution in [2.75, 3.05) is 19.8 Å². The average Bonchev–Trinajstić information content (AvgIpc) is 2.54. The van der Waals surface area contributed by atoms with Gasteiger partial charge >= 0.3 is 11.9 Å². The highest BCUT2D eigenvalue weighted by atomic mass is 16.6. The van der Waals surface area contributed by atoms with Crippen LogP contribution >= 0.6 is 0 Å². The molecular formula is C18H32O5. The Morgan fingerprint density at radius 1 is 1.13 bits per heavy atom. The largest absolute Gasteiger partial charge is 0.481 e. The summed E-state index contributed by atoms with van der Waals surface area (Å²) in [4.78, 5) is 23.0. The third-order valence-electron chi connectivity index (χ3n) is 3.75. The minimum Gasteiger partial charge on any atom is -0.481 e. The second kappa shape index (κ2) is 14.2. The maximum absolute atomic E-state index is 11.9. The van der Waals surface area contributed by atoms with Gasteiger partial charge in [-0.3, -0.25) is 9.59 Å². The first kappa shape index (κ1) is 21.6. The van der Waals surface area contributed by atoms with Crippen LogP contribution in [0.2, 0.25) is 0 Å². The molecule has 1 N–H and O–H groups in total. The summed E-state index contributed by atoms with van der Waals surface area (Å²) in [6.45, 7) is 8.67. The third-order valence-corrected chi connectivity index (χ3v) is 3.75. The van der Waals surface area contributed by atoms with E-state index in [0.29, 0.717) is 26.1 Å². The zero-order valence-corrected chi connectivity index (χ0v) is 14.6. The number of rotatable bonds is 9. The Morgan fingerprint density at radius 2 is 1.74 bits per heavy atom. The van der Waals surface area contributed by atoms with Crippen molar-refractivity contribution in [1.29, 1.82) is 0 Å². The van der Waals surface area contributed by atoms with Crippen molar-refractivity contribution < 1.29 is 24.2 Å². The molecule has 2 unspecified atom stereocenters. The van der Waals surface area contributed by atoms with Crippen LogP contribution in [0, 0.1) is 11.8 Å². The van der Waals surface area contributed by atoms with E-state index in [1.165, 1.54) is 0 Å². The summed E-state index contributed by atoms with van der Waals surface area (Å²) in [5.41, 5.74) is 0. The molecule has 0 saturated heterocycles. The molecule has 0 aromatic carbocycles. The summed E-state index contributed by atoms with van der Waals surface area (Å²) in [6.07, 6.45) is 8.03. The fourth-order valence-corrected chi connectivity index (χ4v) is 2.57. The molecule has 0 spiro atoms. The van der Waals surface area contributed by atoms with Gasteiger partial charge < -0.3 is 14.6 Å². The van der Waals surface area contributed by atoms with E-state index in [0.717, 1.165) is 32.1 Å². The van der Waals surface area contributed by atoms with E-state index in [-0.39, 0.29) is 12.6 Å². The molecule has 5 heteroatoms.